The summed E-state index contributed by atoms with van der Waals surface area (Å²) in [4.78, 5) is 27.6. The standard InChI is InChI=1S/C15H17FN4O2S/c16-11-4-1-3-10(7-11)14(21)18-5-2-6-19-15(22)12-9-23-13(8-17)20-12/h1,3-4,7,9H,2,5-6,8,17H2,(H,18,21)(H,19,22). The Bertz CT molecular complexity index is 690. The molecule has 0 saturated carbocycles. The molecule has 2 aromatic rings. The second-order valence-electron chi connectivity index (χ2n) is 4.71. The van der Waals surface area contributed by atoms with E-state index in [0.717, 1.165) is 0 Å². The lowest BCUT2D eigenvalue weighted by molar-refractivity contribution is 0.0948. The Balaban J connectivity index is 1.67. The third-order valence-corrected chi connectivity index (χ3v) is 3.84. The molecule has 0 unspecified atom stereocenters. The van der Waals surface area contributed by atoms with Crippen LogP contribution in [0.25, 0.3) is 0 Å². The van der Waals surface area contributed by atoms with Crippen LogP contribution < -0.4 is 16.4 Å². The molecule has 23 heavy (non-hydrogen) atoms. The number of nitrogens with two attached hydrogens (primary N) is 1. The van der Waals surface area contributed by atoms with Crippen molar-refractivity contribution < 1.29 is 14.0 Å². The summed E-state index contributed by atoms with van der Waals surface area (Å²) >= 11 is 1.34. The van der Waals surface area contributed by atoms with Crippen LogP contribution in [0.3, 0.4) is 0 Å². The summed E-state index contributed by atoms with van der Waals surface area (Å²) in [6, 6.07) is 5.47. The van der Waals surface area contributed by atoms with E-state index in [1.165, 1.54) is 35.6 Å². The highest BCUT2D eigenvalue weighted by Gasteiger charge is 2.09. The number of hydrogen-bond donors (Lipinski definition) is 3. The molecule has 6 nitrogen and oxygen atoms in total. The van der Waals surface area contributed by atoms with Crippen LogP contribution in [-0.2, 0) is 6.54 Å². The van der Waals surface area contributed by atoms with Crippen LogP contribution in [0.2, 0.25) is 0 Å². The number of thiazole rings is 1. The summed E-state index contributed by atoms with van der Waals surface area (Å²) in [6.45, 7) is 1.09. The van der Waals surface area contributed by atoms with Crippen LogP contribution in [0.5, 0.6) is 0 Å². The largest absolute Gasteiger partial charge is 0.352 e. The molecule has 8 heteroatoms. The van der Waals surface area contributed by atoms with Gasteiger partial charge in [0.05, 0.1) is 0 Å². The second kappa shape index (κ2) is 8.35. The van der Waals surface area contributed by atoms with Crippen molar-refractivity contribution in [3.8, 4) is 0 Å². The third kappa shape index (κ3) is 5.11. The van der Waals surface area contributed by atoms with E-state index < -0.39 is 5.82 Å². The molecule has 1 aromatic carbocycles. The first-order valence-electron chi connectivity index (χ1n) is 7.06. The minimum Gasteiger partial charge on any atom is -0.352 e. The van der Waals surface area contributed by atoms with Gasteiger partial charge in [0.1, 0.15) is 16.5 Å². The molecule has 0 aliphatic carbocycles. The molecule has 0 atom stereocenters. The van der Waals surface area contributed by atoms with E-state index in [0.29, 0.717) is 36.8 Å². The molecular weight excluding hydrogens is 319 g/mol. The Morgan fingerprint density at radius 1 is 1.22 bits per heavy atom. The number of amides is 2. The van der Waals surface area contributed by atoms with Crippen LogP contribution in [0.1, 0.15) is 32.3 Å². The van der Waals surface area contributed by atoms with Crippen molar-refractivity contribution >= 4 is 23.2 Å². The number of hydrogen-bond acceptors (Lipinski definition) is 5. The minimum atomic E-state index is -0.454. The Hall–Kier alpha value is -2.32. The SMILES string of the molecule is NCc1nc(C(=O)NCCCNC(=O)c2cccc(F)c2)cs1. The van der Waals surface area contributed by atoms with Gasteiger partial charge in [-0.3, -0.25) is 9.59 Å². The van der Waals surface area contributed by atoms with Crippen LogP contribution >= 0.6 is 11.3 Å². The quantitative estimate of drug-likeness (QED) is 0.664. The van der Waals surface area contributed by atoms with Gasteiger partial charge in [0, 0.05) is 30.6 Å². The number of halogens is 1. The van der Waals surface area contributed by atoms with Gasteiger partial charge in [-0.25, -0.2) is 9.37 Å². The Morgan fingerprint density at radius 2 is 1.96 bits per heavy atom. The van der Waals surface area contributed by atoms with Gasteiger partial charge in [-0.2, -0.15) is 0 Å². The predicted molar refractivity (Wildman–Crippen MR) is 85.7 cm³/mol. The number of benzene rings is 1. The van der Waals surface area contributed by atoms with Crippen molar-refractivity contribution in [2.24, 2.45) is 5.73 Å². The Labute approximate surface area is 136 Å². The van der Waals surface area contributed by atoms with E-state index in [1.807, 2.05) is 0 Å². The van der Waals surface area contributed by atoms with Gasteiger partial charge < -0.3 is 16.4 Å². The van der Waals surface area contributed by atoms with Gasteiger partial charge in [0.2, 0.25) is 0 Å². The lowest BCUT2D eigenvalue weighted by Crippen LogP contribution is -2.30. The lowest BCUT2D eigenvalue weighted by atomic mass is 10.2. The summed E-state index contributed by atoms with van der Waals surface area (Å²) in [5.74, 6) is -1.06. The summed E-state index contributed by atoms with van der Waals surface area (Å²) in [5, 5.41) is 7.74. The van der Waals surface area contributed by atoms with Gasteiger partial charge in [0.15, 0.2) is 0 Å². The summed E-state index contributed by atoms with van der Waals surface area (Å²) in [5.41, 5.74) is 6.06. The molecule has 0 saturated heterocycles. The molecule has 0 aliphatic rings. The summed E-state index contributed by atoms with van der Waals surface area (Å²) in [7, 11) is 0. The number of aromatic nitrogens is 1. The first kappa shape index (κ1) is 17.0. The zero-order valence-corrected chi connectivity index (χ0v) is 13.2. The maximum absolute atomic E-state index is 13.0. The first-order valence-corrected chi connectivity index (χ1v) is 7.94. The Morgan fingerprint density at radius 3 is 2.61 bits per heavy atom. The van der Waals surface area contributed by atoms with Crippen molar-refractivity contribution in [1.29, 1.82) is 0 Å². The van der Waals surface area contributed by atoms with Gasteiger partial charge in [-0.15, -0.1) is 11.3 Å². The molecule has 1 aromatic heterocycles. The number of carbonyl (C=O) groups excluding carboxylic acids is 2. The van der Waals surface area contributed by atoms with Crippen LogP contribution in [0.4, 0.5) is 4.39 Å². The molecule has 0 bridgehead atoms. The molecule has 2 rings (SSSR count). The molecule has 0 spiro atoms. The topological polar surface area (TPSA) is 97.1 Å². The van der Waals surface area contributed by atoms with Gasteiger partial charge in [-0.05, 0) is 24.6 Å². The van der Waals surface area contributed by atoms with E-state index in [9.17, 15) is 14.0 Å². The zero-order chi connectivity index (χ0) is 16.7. The maximum atomic E-state index is 13.0. The van der Waals surface area contributed by atoms with Gasteiger partial charge in [-0.1, -0.05) is 6.07 Å². The van der Waals surface area contributed by atoms with Gasteiger partial charge >= 0.3 is 0 Å². The normalized spacial score (nSPS) is 10.3. The minimum absolute atomic E-state index is 0.266. The van der Waals surface area contributed by atoms with E-state index in [-0.39, 0.29) is 17.4 Å². The molecule has 0 radical (unpaired) electrons. The number of rotatable bonds is 7. The molecule has 1 heterocycles. The third-order valence-electron chi connectivity index (χ3n) is 2.97. The van der Waals surface area contributed by atoms with E-state index in [4.69, 9.17) is 5.73 Å². The second-order valence-corrected chi connectivity index (χ2v) is 5.65. The summed E-state index contributed by atoms with van der Waals surface area (Å²) in [6.07, 6.45) is 0.556. The molecule has 2 amide bonds. The highest BCUT2D eigenvalue weighted by Crippen LogP contribution is 2.08. The van der Waals surface area contributed by atoms with E-state index >= 15 is 0 Å². The maximum Gasteiger partial charge on any atom is 0.270 e. The fourth-order valence-corrected chi connectivity index (χ4v) is 2.48. The number of nitrogens with zero attached hydrogens (tertiary/aromatic N) is 1. The van der Waals surface area contributed by atoms with Crippen LogP contribution in [-0.4, -0.2) is 29.9 Å². The molecule has 0 aliphatic heterocycles. The molecule has 122 valence electrons. The molecular formula is C15H17FN4O2S. The van der Waals surface area contributed by atoms with Crippen molar-refractivity contribution in [2.75, 3.05) is 13.1 Å². The lowest BCUT2D eigenvalue weighted by Gasteiger charge is -2.06. The highest BCUT2D eigenvalue weighted by atomic mass is 32.1. The number of carbonyl (C=O) groups is 2. The zero-order valence-electron chi connectivity index (χ0n) is 12.3. The van der Waals surface area contributed by atoms with E-state index in [1.54, 1.807) is 5.38 Å². The predicted octanol–water partition coefficient (Wildman–Crippen LogP) is 1.29. The summed E-state index contributed by atoms with van der Waals surface area (Å²) < 4.78 is 13.0. The Kier molecular flexibility index (Phi) is 6.19. The molecule has 0 fully saturated rings. The number of nitrogens with one attached hydrogen (secondary N) is 2. The average Bonchev–Trinajstić information content (AvgIpc) is 3.03. The molecule has 4 N–H and O–H groups in total. The van der Waals surface area contributed by atoms with Crippen LogP contribution in [0.15, 0.2) is 29.6 Å². The van der Waals surface area contributed by atoms with Gasteiger partial charge in [0.25, 0.3) is 11.8 Å². The average molecular weight is 336 g/mol. The van der Waals surface area contributed by atoms with Crippen molar-refractivity contribution in [2.45, 2.75) is 13.0 Å². The fourth-order valence-electron chi connectivity index (χ4n) is 1.82. The van der Waals surface area contributed by atoms with Crippen molar-refractivity contribution in [3.05, 3.63) is 51.7 Å². The van der Waals surface area contributed by atoms with Crippen LogP contribution in [0, 0.1) is 5.82 Å². The van der Waals surface area contributed by atoms with E-state index in [2.05, 4.69) is 15.6 Å². The highest BCUT2D eigenvalue weighted by molar-refractivity contribution is 7.09. The monoisotopic (exact) mass is 336 g/mol. The smallest absolute Gasteiger partial charge is 0.270 e. The van der Waals surface area contributed by atoms with Crippen molar-refractivity contribution in [1.82, 2.24) is 15.6 Å². The first-order chi connectivity index (χ1) is 11.1. The fraction of sp³-hybridized carbons (Fsp3) is 0.267. The van der Waals surface area contributed by atoms with Crippen molar-refractivity contribution in [3.63, 3.8) is 0 Å².